The average Bonchev–Trinajstić information content (AvgIpc) is 2.53. The number of unbranched alkanes of at least 4 members (excludes halogenated alkanes) is 1. The smallest absolute Gasteiger partial charge is 0.326 e. The maximum Gasteiger partial charge on any atom is 0.326 e. The van der Waals surface area contributed by atoms with Gasteiger partial charge in [-0.25, -0.2) is 4.79 Å². The molecule has 0 saturated carbocycles. The molecule has 0 aliphatic carbocycles. The van der Waals surface area contributed by atoms with Gasteiger partial charge in [0.25, 0.3) is 0 Å². The van der Waals surface area contributed by atoms with Crippen molar-refractivity contribution in [2.24, 2.45) is 0 Å². The quantitative estimate of drug-likeness (QED) is 0.821. The van der Waals surface area contributed by atoms with Gasteiger partial charge in [0.1, 0.15) is 6.04 Å². The zero-order valence-electron chi connectivity index (χ0n) is 13.3. The maximum absolute atomic E-state index is 12.2. The van der Waals surface area contributed by atoms with Crippen molar-refractivity contribution in [1.82, 2.24) is 4.90 Å². The number of aryl methyl sites for hydroxylation is 2. The van der Waals surface area contributed by atoms with Crippen LogP contribution in [0, 0.1) is 6.92 Å². The molecule has 1 unspecified atom stereocenters. The van der Waals surface area contributed by atoms with Crippen molar-refractivity contribution in [3.63, 3.8) is 0 Å². The molecular weight excluding hydrogens is 278 g/mol. The zero-order valence-corrected chi connectivity index (χ0v) is 13.3. The molecule has 120 valence electrons. The van der Waals surface area contributed by atoms with Gasteiger partial charge in [-0.3, -0.25) is 4.79 Å². The fraction of sp³-hybridized carbons (Fsp3) is 0.556. The molecular formula is C18H25NO3. The van der Waals surface area contributed by atoms with Crippen molar-refractivity contribution >= 4 is 11.9 Å². The molecule has 2 rings (SSSR count). The number of carboxylic acids is 1. The van der Waals surface area contributed by atoms with Gasteiger partial charge in [0.05, 0.1) is 0 Å². The van der Waals surface area contributed by atoms with Crippen LogP contribution < -0.4 is 0 Å². The summed E-state index contributed by atoms with van der Waals surface area (Å²) in [7, 11) is 0. The highest BCUT2D eigenvalue weighted by atomic mass is 16.4. The number of rotatable bonds is 6. The number of piperidine rings is 1. The van der Waals surface area contributed by atoms with E-state index in [1.165, 1.54) is 11.1 Å². The first kappa shape index (κ1) is 16.5. The summed E-state index contributed by atoms with van der Waals surface area (Å²) in [4.78, 5) is 25.0. The molecule has 1 aromatic rings. The molecule has 1 aromatic carbocycles. The standard InChI is InChI=1S/C18H25NO3/c1-14-9-11-15(12-10-14)6-2-3-8-17(20)19-13-5-4-7-16(19)18(21)22/h9-12,16H,2-8,13H2,1H3,(H,21,22). The van der Waals surface area contributed by atoms with Crippen LogP contribution in [-0.2, 0) is 16.0 Å². The lowest BCUT2D eigenvalue weighted by atomic mass is 10.0. The summed E-state index contributed by atoms with van der Waals surface area (Å²) >= 11 is 0. The fourth-order valence-electron chi connectivity index (χ4n) is 2.99. The Labute approximate surface area is 132 Å². The molecule has 0 bridgehead atoms. The second-order valence-electron chi connectivity index (χ2n) is 6.13. The third-order valence-electron chi connectivity index (χ3n) is 4.33. The number of amides is 1. The molecule has 1 saturated heterocycles. The first-order valence-electron chi connectivity index (χ1n) is 8.16. The Hall–Kier alpha value is -1.84. The molecule has 1 aliphatic rings. The van der Waals surface area contributed by atoms with E-state index in [1.54, 1.807) is 4.90 Å². The molecule has 1 amide bonds. The summed E-state index contributed by atoms with van der Waals surface area (Å²) in [5.74, 6) is -0.872. The van der Waals surface area contributed by atoms with Crippen molar-refractivity contribution in [1.29, 1.82) is 0 Å². The molecule has 1 heterocycles. The van der Waals surface area contributed by atoms with Crippen molar-refractivity contribution in [3.8, 4) is 0 Å². The highest BCUT2D eigenvalue weighted by Crippen LogP contribution is 2.19. The highest BCUT2D eigenvalue weighted by molar-refractivity contribution is 5.83. The number of hydrogen-bond acceptors (Lipinski definition) is 2. The SMILES string of the molecule is Cc1ccc(CCCCC(=O)N2CCCCC2C(=O)O)cc1. The van der Waals surface area contributed by atoms with Crippen LogP contribution in [0.4, 0.5) is 0 Å². The Morgan fingerprint density at radius 3 is 2.59 bits per heavy atom. The van der Waals surface area contributed by atoms with Gasteiger partial charge >= 0.3 is 5.97 Å². The van der Waals surface area contributed by atoms with Gasteiger partial charge in [0.2, 0.25) is 5.91 Å². The fourth-order valence-corrected chi connectivity index (χ4v) is 2.99. The number of nitrogens with zero attached hydrogens (tertiary/aromatic N) is 1. The first-order valence-corrected chi connectivity index (χ1v) is 8.16. The van der Waals surface area contributed by atoms with Crippen LogP contribution in [0.2, 0.25) is 0 Å². The van der Waals surface area contributed by atoms with E-state index in [2.05, 4.69) is 31.2 Å². The second-order valence-corrected chi connectivity index (χ2v) is 6.13. The maximum atomic E-state index is 12.2. The van der Waals surface area contributed by atoms with Crippen LogP contribution in [0.3, 0.4) is 0 Å². The van der Waals surface area contributed by atoms with Crippen LogP contribution in [0.5, 0.6) is 0 Å². The number of benzene rings is 1. The predicted octanol–water partition coefficient (Wildman–Crippen LogP) is 3.17. The van der Waals surface area contributed by atoms with Gasteiger partial charge in [-0.1, -0.05) is 29.8 Å². The molecule has 1 fully saturated rings. The third-order valence-corrected chi connectivity index (χ3v) is 4.33. The van der Waals surface area contributed by atoms with Crippen molar-refractivity contribution in [2.75, 3.05) is 6.54 Å². The average molecular weight is 303 g/mol. The molecule has 0 aromatic heterocycles. The second kappa shape index (κ2) is 7.97. The zero-order chi connectivity index (χ0) is 15.9. The van der Waals surface area contributed by atoms with Crippen molar-refractivity contribution < 1.29 is 14.7 Å². The van der Waals surface area contributed by atoms with Crippen molar-refractivity contribution in [2.45, 2.75) is 57.9 Å². The van der Waals surface area contributed by atoms with Crippen molar-refractivity contribution in [3.05, 3.63) is 35.4 Å². The molecule has 0 radical (unpaired) electrons. The summed E-state index contributed by atoms with van der Waals surface area (Å²) in [6.07, 6.45) is 5.60. The van der Waals surface area contributed by atoms with Gasteiger partial charge in [-0.2, -0.15) is 0 Å². The van der Waals surface area contributed by atoms with Gasteiger partial charge in [-0.15, -0.1) is 0 Å². The molecule has 22 heavy (non-hydrogen) atoms. The molecule has 0 spiro atoms. The number of carbonyl (C=O) groups is 2. The van der Waals surface area contributed by atoms with Crippen LogP contribution in [0.15, 0.2) is 24.3 Å². The van der Waals surface area contributed by atoms with Crippen LogP contribution >= 0.6 is 0 Å². The van der Waals surface area contributed by atoms with Gasteiger partial charge in [0.15, 0.2) is 0 Å². The first-order chi connectivity index (χ1) is 10.6. The number of hydrogen-bond donors (Lipinski definition) is 1. The van der Waals surface area contributed by atoms with E-state index in [0.29, 0.717) is 19.4 Å². The van der Waals surface area contributed by atoms with Gasteiger partial charge < -0.3 is 10.0 Å². The summed E-state index contributed by atoms with van der Waals surface area (Å²) in [5, 5.41) is 9.21. The van der Waals surface area contributed by atoms with E-state index < -0.39 is 12.0 Å². The molecule has 1 aliphatic heterocycles. The molecule has 4 heteroatoms. The summed E-state index contributed by atoms with van der Waals surface area (Å²) in [5.41, 5.74) is 2.54. The molecule has 4 nitrogen and oxygen atoms in total. The monoisotopic (exact) mass is 303 g/mol. The number of carbonyl (C=O) groups excluding carboxylic acids is 1. The Morgan fingerprint density at radius 1 is 1.18 bits per heavy atom. The summed E-state index contributed by atoms with van der Waals surface area (Å²) < 4.78 is 0. The summed E-state index contributed by atoms with van der Waals surface area (Å²) in [6.45, 7) is 2.66. The predicted molar refractivity (Wildman–Crippen MR) is 85.7 cm³/mol. The Kier molecular flexibility index (Phi) is 5.99. The third kappa shape index (κ3) is 4.58. The normalized spacial score (nSPS) is 18.2. The van der Waals surface area contributed by atoms with E-state index in [-0.39, 0.29) is 5.91 Å². The van der Waals surface area contributed by atoms with E-state index >= 15 is 0 Å². The van der Waals surface area contributed by atoms with Crippen LogP contribution in [0.1, 0.15) is 49.7 Å². The van der Waals surface area contributed by atoms with E-state index in [4.69, 9.17) is 0 Å². The van der Waals surface area contributed by atoms with E-state index in [0.717, 1.165) is 32.1 Å². The highest BCUT2D eigenvalue weighted by Gasteiger charge is 2.31. The van der Waals surface area contributed by atoms with Gasteiger partial charge in [0, 0.05) is 13.0 Å². The lowest BCUT2D eigenvalue weighted by Crippen LogP contribution is -2.47. The lowest BCUT2D eigenvalue weighted by molar-refractivity contribution is -0.152. The lowest BCUT2D eigenvalue weighted by Gasteiger charge is -2.33. The summed E-state index contributed by atoms with van der Waals surface area (Å²) in [6, 6.07) is 7.85. The van der Waals surface area contributed by atoms with Gasteiger partial charge in [-0.05, 0) is 51.0 Å². The molecule has 1 N–H and O–H groups in total. The number of carboxylic acid groups (broad SMARTS) is 1. The van der Waals surface area contributed by atoms with E-state index in [1.807, 2.05) is 0 Å². The Bertz CT molecular complexity index is 510. The minimum atomic E-state index is -0.868. The minimum Gasteiger partial charge on any atom is -0.480 e. The Balaban J connectivity index is 1.74. The van der Waals surface area contributed by atoms with Crippen LogP contribution in [0.25, 0.3) is 0 Å². The molecule has 1 atom stereocenters. The van der Waals surface area contributed by atoms with Crippen LogP contribution in [-0.4, -0.2) is 34.5 Å². The van der Waals surface area contributed by atoms with E-state index in [9.17, 15) is 14.7 Å². The number of aliphatic carboxylic acids is 1. The minimum absolute atomic E-state index is 0.00370. The topological polar surface area (TPSA) is 57.6 Å². The Morgan fingerprint density at radius 2 is 1.91 bits per heavy atom. The largest absolute Gasteiger partial charge is 0.480 e. The number of likely N-dealkylation sites (tertiary alicyclic amines) is 1.